The number of hydrogen-bond acceptors (Lipinski definition) is 6. The van der Waals surface area contributed by atoms with Gasteiger partial charge in [-0.3, -0.25) is 14.9 Å². The summed E-state index contributed by atoms with van der Waals surface area (Å²) in [5.41, 5.74) is 2.56. The predicted molar refractivity (Wildman–Crippen MR) is 111 cm³/mol. The van der Waals surface area contributed by atoms with E-state index in [0.717, 1.165) is 17.0 Å². The summed E-state index contributed by atoms with van der Waals surface area (Å²) >= 11 is 1.46. The van der Waals surface area contributed by atoms with Crippen LogP contribution in [0.2, 0.25) is 0 Å². The molecule has 2 aliphatic rings. The van der Waals surface area contributed by atoms with Crippen molar-refractivity contribution in [1.82, 2.24) is 10.2 Å². The van der Waals surface area contributed by atoms with Gasteiger partial charge in [-0.1, -0.05) is 36.0 Å². The van der Waals surface area contributed by atoms with E-state index in [-0.39, 0.29) is 29.5 Å². The molecule has 0 spiro atoms. The number of rotatable bonds is 4. The fourth-order valence-corrected chi connectivity index (χ4v) is 4.03. The van der Waals surface area contributed by atoms with Crippen molar-refractivity contribution in [2.24, 2.45) is 0 Å². The number of halogens is 1. The topological polar surface area (TPSA) is 84.7 Å². The minimum atomic E-state index is -0.425. The van der Waals surface area contributed by atoms with E-state index in [1.54, 1.807) is 25.3 Å². The van der Waals surface area contributed by atoms with Crippen molar-refractivity contribution in [3.8, 4) is 5.75 Å². The Balaban J connectivity index is 0.00000225. The number of thioether (sulfide) groups is 1. The highest BCUT2D eigenvalue weighted by atomic mass is 35.5. The molecule has 9 heteroatoms. The van der Waals surface area contributed by atoms with Gasteiger partial charge in [-0.2, -0.15) is 0 Å². The van der Waals surface area contributed by atoms with E-state index in [4.69, 9.17) is 4.74 Å². The molecule has 2 aromatic rings. The predicted octanol–water partition coefficient (Wildman–Crippen LogP) is 3.83. The number of nitrogens with one attached hydrogen (secondary N) is 1. The molecule has 0 aliphatic carbocycles. The molecule has 2 aliphatic heterocycles. The van der Waals surface area contributed by atoms with Crippen LogP contribution in [0.1, 0.15) is 11.1 Å². The summed E-state index contributed by atoms with van der Waals surface area (Å²) in [4.78, 5) is 25.0. The molecule has 1 fully saturated rings. The summed E-state index contributed by atoms with van der Waals surface area (Å²) in [6.07, 6.45) is 1.80. The fourth-order valence-electron chi connectivity index (χ4n) is 3.00. The van der Waals surface area contributed by atoms with Gasteiger partial charge < -0.3 is 15.0 Å². The molecule has 1 amide bonds. The zero-order chi connectivity index (χ0) is 19.0. The van der Waals surface area contributed by atoms with Crippen molar-refractivity contribution in [2.75, 3.05) is 7.11 Å². The van der Waals surface area contributed by atoms with Gasteiger partial charge in [0, 0.05) is 17.7 Å². The first-order valence-corrected chi connectivity index (χ1v) is 9.07. The number of carbonyl (C=O) groups is 1. The maximum absolute atomic E-state index is 12.5. The van der Waals surface area contributed by atoms with Gasteiger partial charge in [0.05, 0.1) is 17.7 Å². The van der Waals surface area contributed by atoms with Gasteiger partial charge in [0.2, 0.25) is 0 Å². The van der Waals surface area contributed by atoms with Crippen LogP contribution in [0.15, 0.2) is 59.6 Å². The van der Waals surface area contributed by atoms with Crippen LogP contribution >= 0.6 is 24.2 Å². The highest BCUT2D eigenvalue weighted by molar-refractivity contribution is 8.03. The molecule has 2 aromatic carbocycles. The largest absolute Gasteiger partial charge is 0.497 e. The number of carbonyl (C=O) groups excluding carboxylic acids is 1. The minimum Gasteiger partial charge on any atom is -0.497 e. The van der Waals surface area contributed by atoms with Gasteiger partial charge in [-0.05, 0) is 29.2 Å². The third kappa shape index (κ3) is 3.56. The molecule has 0 radical (unpaired) electrons. The van der Waals surface area contributed by atoms with Gasteiger partial charge in [0.15, 0.2) is 5.50 Å². The molecular weight excluding hydrogens is 402 g/mol. The number of methoxy groups -OCH3 is 1. The molecule has 1 N–H and O–H groups in total. The maximum atomic E-state index is 12.5. The van der Waals surface area contributed by atoms with Gasteiger partial charge in [0.1, 0.15) is 11.4 Å². The third-order valence-corrected chi connectivity index (χ3v) is 5.27. The molecule has 1 saturated heterocycles. The average molecular weight is 418 g/mol. The molecule has 144 valence electrons. The van der Waals surface area contributed by atoms with Crippen LogP contribution in [0.4, 0.5) is 5.69 Å². The monoisotopic (exact) mass is 417 g/mol. The molecule has 1 unspecified atom stereocenters. The van der Waals surface area contributed by atoms with Crippen LogP contribution in [-0.4, -0.2) is 28.3 Å². The third-order valence-electron chi connectivity index (χ3n) is 4.32. The van der Waals surface area contributed by atoms with Crippen molar-refractivity contribution in [1.29, 1.82) is 0 Å². The standard InChI is InChI=1S/C19H15N3O4S.ClH/c1-26-15-7-5-12(6-8-15)9-16-18(23)20-19-21(16)17(11-27-19)13-3-2-4-14(10-13)22(24)25;/h2-11,19H,1H3,(H,20,23);1H/b16-9-;. The summed E-state index contributed by atoms with van der Waals surface area (Å²) in [5, 5.41) is 15.9. The Kier molecular flexibility index (Phi) is 5.62. The van der Waals surface area contributed by atoms with E-state index >= 15 is 0 Å². The van der Waals surface area contributed by atoms with E-state index in [0.29, 0.717) is 11.3 Å². The zero-order valence-corrected chi connectivity index (χ0v) is 16.3. The number of hydrogen-bond donors (Lipinski definition) is 1. The lowest BCUT2D eigenvalue weighted by atomic mass is 10.1. The lowest BCUT2D eigenvalue weighted by Gasteiger charge is -2.21. The first-order chi connectivity index (χ1) is 13.1. The Morgan fingerprint density at radius 3 is 2.68 bits per heavy atom. The second-order valence-corrected chi connectivity index (χ2v) is 6.90. The summed E-state index contributed by atoms with van der Waals surface area (Å²) in [6.45, 7) is 0. The van der Waals surface area contributed by atoms with Crippen LogP contribution in [0.5, 0.6) is 5.75 Å². The minimum absolute atomic E-state index is 0. The Bertz CT molecular complexity index is 991. The van der Waals surface area contributed by atoms with Crippen LogP contribution < -0.4 is 10.1 Å². The molecule has 2 heterocycles. The SMILES string of the molecule is COc1ccc(/C=C2/C(=O)NC3SC=C(c4cccc([N+](=O)[O-])c4)N23)cc1.Cl. The molecular formula is C19H16ClN3O4S. The quantitative estimate of drug-likeness (QED) is 0.462. The van der Waals surface area contributed by atoms with E-state index in [9.17, 15) is 14.9 Å². The van der Waals surface area contributed by atoms with Gasteiger partial charge in [0.25, 0.3) is 11.6 Å². The second-order valence-electron chi connectivity index (χ2n) is 5.95. The summed E-state index contributed by atoms with van der Waals surface area (Å²) in [5.74, 6) is 0.555. The molecule has 7 nitrogen and oxygen atoms in total. The lowest BCUT2D eigenvalue weighted by molar-refractivity contribution is -0.384. The number of fused-ring (bicyclic) bond motifs is 1. The van der Waals surface area contributed by atoms with Gasteiger partial charge in [-0.15, -0.1) is 12.4 Å². The Hall–Kier alpha value is -2.97. The Morgan fingerprint density at radius 2 is 2.00 bits per heavy atom. The molecule has 0 saturated carbocycles. The normalized spacial score (nSPS) is 19.0. The zero-order valence-electron chi connectivity index (χ0n) is 14.7. The molecule has 28 heavy (non-hydrogen) atoms. The average Bonchev–Trinajstić information content (AvgIpc) is 3.22. The second kappa shape index (κ2) is 7.95. The van der Waals surface area contributed by atoms with Crippen molar-refractivity contribution < 1.29 is 14.5 Å². The van der Waals surface area contributed by atoms with E-state index in [2.05, 4.69) is 5.32 Å². The van der Waals surface area contributed by atoms with Crippen LogP contribution in [-0.2, 0) is 4.79 Å². The van der Waals surface area contributed by atoms with Crippen molar-refractivity contribution in [2.45, 2.75) is 5.50 Å². The Labute approximate surface area is 171 Å². The number of nitro benzene ring substituents is 1. The number of benzene rings is 2. The van der Waals surface area contributed by atoms with Crippen molar-refractivity contribution in [3.63, 3.8) is 0 Å². The molecule has 0 bridgehead atoms. The number of ether oxygens (including phenoxy) is 1. The molecule has 0 aromatic heterocycles. The Morgan fingerprint density at radius 1 is 1.25 bits per heavy atom. The fraction of sp³-hybridized carbons (Fsp3) is 0.105. The molecule has 1 atom stereocenters. The lowest BCUT2D eigenvalue weighted by Crippen LogP contribution is -2.27. The van der Waals surface area contributed by atoms with Gasteiger partial charge >= 0.3 is 0 Å². The van der Waals surface area contributed by atoms with E-state index in [1.165, 1.54) is 23.9 Å². The van der Waals surface area contributed by atoms with Crippen LogP contribution in [0, 0.1) is 10.1 Å². The number of non-ortho nitro benzene ring substituents is 1. The number of nitrogens with zero attached hydrogens (tertiary/aromatic N) is 2. The van der Waals surface area contributed by atoms with Gasteiger partial charge in [-0.25, -0.2) is 0 Å². The summed E-state index contributed by atoms with van der Waals surface area (Å²) < 4.78 is 5.16. The molecule has 4 rings (SSSR count). The highest BCUT2D eigenvalue weighted by Crippen LogP contribution is 2.42. The number of nitro groups is 1. The maximum Gasteiger partial charge on any atom is 0.270 e. The van der Waals surface area contributed by atoms with Crippen molar-refractivity contribution in [3.05, 3.63) is 80.9 Å². The smallest absolute Gasteiger partial charge is 0.270 e. The first-order valence-electron chi connectivity index (χ1n) is 8.13. The van der Waals surface area contributed by atoms with Crippen LogP contribution in [0.25, 0.3) is 11.8 Å². The summed E-state index contributed by atoms with van der Waals surface area (Å²) in [7, 11) is 1.60. The first kappa shape index (κ1) is 19.8. The van der Waals surface area contributed by atoms with E-state index < -0.39 is 4.92 Å². The van der Waals surface area contributed by atoms with Crippen molar-refractivity contribution >= 4 is 47.5 Å². The van der Waals surface area contributed by atoms with Crippen LogP contribution in [0.3, 0.4) is 0 Å². The summed E-state index contributed by atoms with van der Waals surface area (Å²) in [6, 6.07) is 13.8. The number of amides is 1. The van der Waals surface area contributed by atoms with E-state index in [1.807, 2.05) is 34.6 Å². The highest BCUT2D eigenvalue weighted by Gasteiger charge is 2.40.